The second-order valence-corrected chi connectivity index (χ2v) is 4.97. The molecular weight excluding hydrogens is 315 g/mol. The molecule has 0 aliphatic rings. The number of nitrogens with zero attached hydrogens (tertiary/aromatic N) is 2. The van der Waals surface area contributed by atoms with Crippen LogP contribution in [0.5, 0.6) is 0 Å². The number of nitrogens with one attached hydrogen (secondary N) is 1. The first-order valence-electron chi connectivity index (χ1n) is 6.68. The average molecular weight is 329 g/mol. The minimum absolute atomic E-state index is 0.206. The molecule has 1 aromatic heterocycles. The highest BCUT2D eigenvalue weighted by atomic mass is 19.4. The number of hydrogen-bond donors (Lipinski definition) is 2. The molecule has 2 aromatic rings. The molecular formula is C14H14F3N3O3. The van der Waals surface area contributed by atoms with E-state index in [4.69, 9.17) is 0 Å². The Kier molecular flexibility index (Phi) is 4.42. The summed E-state index contributed by atoms with van der Waals surface area (Å²) in [7, 11) is 0. The number of amides is 1. The molecule has 0 saturated heterocycles. The van der Waals surface area contributed by atoms with Gasteiger partial charge in [0.1, 0.15) is 0 Å². The zero-order valence-corrected chi connectivity index (χ0v) is 12.3. The van der Waals surface area contributed by atoms with Gasteiger partial charge in [-0.25, -0.2) is 0 Å². The summed E-state index contributed by atoms with van der Waals surface area (Å²) in [5.41, 5.74) is -0.951. The second kappa shape index (κ2) is 5.99. The van der Waals surface area contributed by atoms with Gasteiger partial charge in [0.15, 0.2) is 5.72 Å². The fraction of sp³-hybridized carbons (Fsp3) is 0.357. The number of alkyl halides is 3. The number of carbonyl (C=O) groups excluding carboxylic acids is 1. The maximum Gasteiger partial charge on any atom is 0.471 e. The Balaban J connectivity index is 2.22. The van der Waals surface area contributed by atoms with Gasteiger partial charge in [-0.2, -0.15) is 18.2 Å². The Morgan fingerprint density at radius 3 is 2.39 bits per heavy atom. The quantitative estimate of drug-likeness (QED) is 0.841. The van der Waals surface area contributed by atoms with Crippen molar-refractivity contribution in [1.82, 2.24) is 15.5 Å². The van der Waals surface area contributed by atoms with Crippen LogP contribution in [0.25, 0.3) is 11.4 Å². The number of benzene rings is 1. The predicted molar refractivity (Wildman–Crippen MR) is 72.7 cm³/mol. The van der Waals surface area contributed by atoms with Gasteiger partial charge in [-0.15, -0.1) is 0 Å². The van der Waals surface area contributed by atoms with Crippen molar-refractivity contribution < 1.29 is 27.6 Å². The van der Waals surface area contributed by atoms with Gasteiger partial charge in [0, 0.05) is 17.5 Å². The van der Waals surface area contributed by atoms with E-state index < -0.39 is 17.8 Å². The standard InChI is InChI=1S/C14H14F3N3O3/c1-3-10(21)19-13(2,22)9-6-4-8(5-7-9)11-18-12(23-20-11)14(15,16)17/h4-7,22H,3H2,1-2H3,(H,19,21). The topological polar surface area (TPSA) is 88.2 Å². The fourth-order valence-electron chi connectivity index (χ4n) is 1.83. The van der Waals surface area contributed by atoms with Gasteiger partial charge in [0.25, 0.3) is 0 Å². The van der Waals surface area contributed by atoms with Crippen molar-refractivity contribution in [2.45, 2.75) is 32.2 Å². The molecule has 6 nitrogen and oxygen atoms in total. The number of aliphatic hydroxyl groups is 1. The van der Waals surface area contributed by atoms with Crippen molar-refractivity contribution in [1.29, 1.82) is 0 Å². The lowest BCUT2D eigenvalue weighted by Gasteiger charge is -2.25. The first-order chi connectivity index (χ1) is 10.6. The average Bonchev–Trinajstić information content (AvgIpc) is 2.97. The molecule has 0 spiro atoms. The van der Waals surface area contributed by atoms with Gasteiger partial charge in [0.2, 0.25) is 11.7 Å². The molecule has 0 bridgehead atoms. The van der Waals surface area contributed by atoms with Crippen LogP contribution in [0, 0.1) is 0 Å². The highest BCUT2D eigenvalue weighted by Gasteiger charge is 2.38. The smallest absolute Gasteiger partial charge is 0.367 e. The van der Waals surface area contributed by atoms with Crippen molar-refractivity contribution in [3.05, 3.63) is 35.7 Å². The highest BCUT2D eigenvalue weighted by Crippen LogP contribution is 2.29. The van der Waals surface area contributed by atoms with Gasteiger partial charge in [-0.1, -0.05) is 36.3 Å². The summed E-state index contributed by atoms with van der Waals surface area (Å²) in [6, 6.07) is 5.75. The number of aromatic nitrogens is 2. The summed E-state index contributed by atoms with van der Waals surface area (Å²) in [5, 5.41) is 15.9. The third kappa shape index (κ3) is 3.86. The summed E-state index contributed by atoms with van der Waals surface area (Å²) in [6.45, 7) is 3.04. The molecule has 0 fully saturated rings. The highest BCUT2D eigenvalue weighted by molar-refractivity contribution is 5.76. The molecule has 1 unspecified atom stereocenters. The van der Waals surface area contributed by atoms with E-state index >= 15 is 0 Å². The first-order valence-corrected chi connectivity index (χ1v) is 6.68. The van der Waals surface area contributed by atoms with Crippen LogP contribution in [-0.4, -0.2) is 21.2 Å². The normalized spacial score (nSPS) is 14.3. The van der Waals surface area contributed by atoms with Crippen LogP contribution < -0.4 is 5.32 Å². The van der Waals surface area contributed by atoms with E-state index in [1.165, 1.54) is 31.2 Å². The van der Waals surface area contributed by atoms with Crippen molar-refractivity contribution in [2.24, 2.45) is 0 Å². The van der Waals surface area contributed by atoms with Gasteiger partial charge in [-0.3, -0.25) is 4.79 Å². The van der Waals surface area contributed by atoms with Crippen LogP contribution >= 0.6 is 0 Å². The SMILES string of the molecule is CCC(=O)NC(C)(O)c1ccc(-c2noc(C(F)(F)F)n2)cc1. The van der Waals surface area contributed by atoms with Crippen LogP contribution in [0.3, 0.4) is 0 Å². The second-order valence-electron chi connectivity index (χ2n) is 4.97. The number of rotatable bonds is 4. The molecule has 0 saturated carbocycles. The Morgan fingerprint density at radius 2 is 1.91 bits per heavy atom. The van der Waals surface area contributed by atoms with Gasteiger partial charge in [0.05, 0.1) is 0 Å². The minimum Gasteiger partial charge on any atom is -0.367 e. The summed E-state index contributed by atoms with van der Waals surface area (Å²) < 4.78 is 41.4. The van der Waals surface area contributed by atoms with Crippen LogP contribution in [0.1, 0.15) is 31.7 Å². The Bertz CT molecular complexity index is 693. The van der Waals surface area contributed by atoms with Crippen LogP contribution in [0.2, 0.25) is 0 Å². The lowest BCUT2D eigenvalue weighted by Crippen LogP contribution is -2.42. The van der Waals surface area contributed by atoms with Crippen LogP contribution in [0.4, 0.5) is 13.2 Å². The molecule has 23 heavy (non-hydrogen) atoms. The molecule has 2 N–H and O–H groups in total. The number of carbonyl (C=O) groups is 1. The van der Waals surface area contributed by atoms with Crippen LogP contribution in [-0.2, 0) is 16.7 Å². The zero-order chi connectivity index (χ0) is 17.3. The third-order valence-corrected chi connectivity index (χ3v) is 3.08. The molecule has 0 aliphatic heterocycles. The molecule has 1 heterocycles. The fourth-order valence-corrected chi connectivity index (χ4v) is 1.83. The Hall–Kier alpha value is -2.42. The van der Waals surface area contributed by atoms with E-state index in [0.717, 1.165) is 0 Å². The van der Waals surface area contributed by atoms with Crippen LogP contribution in [0.15, 0.2) is 28.8 Å². The lowest BCUT2D eigenvalue weighted by molar-refractivity contribution is -0.159. The zero-order valence-electron chi connectivity index (χ0n) is 12.3. The molecule has 1 atom stereocenters. The summed E-state index contributed by atoms with van der Waals surface area (Å²) in [4.78, 5) is 14.6. The molecule has 0 radical (unpaired) electrons. The Labute approximate surface area is 129 Å². The van der Waals surface area contributed by atoms with E-state index in [1.807, 2.05) is 0 Å². The maximum atomic E-state index is 12.4. The Morgan fingerprint density at radius 1 is 1.30 bits per heavy atom. The molecule has 2 rings (SSSR count). The van der Waals surface area contributed by atoms with Gasteiger partial charge in [-0.05, 0) is 6.92 Å². The molecule has 0 aliphatic carbocycles. The lowest BCUT2D eigenvalue weighted by atomic mass is 10.0. The van der Waals surface area contributed by atoms with Crippen molar-refractivity contribution >= 4 is 5.91 Å². The first kappa shape index (κ1) is 16.9. The predicted octanol–water partition coefficient (Wildman–Crippen LogP) is 2.45. The monoisotopic (exact) mass is 329 g/mol. The maximum absolute atomic E-state index is 12.4. The van der Waals surface area contributed by atoms with E-state index in [1.54, 1.807) is 6.92 Å². The van der Waals surface area contributed by atoms with E-state index in [-0.39, 0.29) is 23.7 Å². The van der Waals surface area contributed by atoms with Crippen molar-refractivity contribution in [3.8, 4) is 11.4 Å². The van der Waals surface area contributed by atoms with Crippen molar-refractivity contribution in [3.63, 3.8) is 0 Å². The minimum atomic E-state index is -4.71. The van der Waals surface area contributed by atoms with Gasteiger partial charge >= 0.3 is 12.1 Å². The largest absolute Gasteiger partial charge is 0.471 e. The molecule has 9 heteroatoms. The van der Waals surface area contributed by atoms with E-state index in [0.29, 0.717) is 5.56 Å². The molecule has 1 aromatic carbocycles. The molecule has 124 valence electrons. The number of hydrogen-bond acceptors (Lipinski definition) is 5. The third-order valence-electron chi connectivity index (χ3n) is 3.08. The number of halogens is 3. The van der Waals surface area contributed by atoms with E-state index in [9.17, 15) is 23.1 Å². The van der Waals surface area contributed by atoms with Crippen molar-refractivity contribution in [2.75, 3.05) is 0 Å². The van der Waals surface area contributed by atoms with E-state index in [2.05, 4.69) is 20.0 Å². The summed E-state index contributed by atoms with van der Waals surface area (Å²) in [5.74, 6) is -1.99. The van der Waals surface area contributed by atoms with Gasteiger partial charge < -0.3 is 14.9 Å². The summed E-state index contributed by atoms with van der Waals surface area (Å²) >= 11 is 0. The summed E-state index contributed by atoms with van der Waals surface area (Å²) in [6.07, 6.45) is -4.50. The molecule has 1 amide bonds.